The molecular formula is C52H31NS. The normalized spacial score (nSPS) is 12.1. The molecule has 0 aliphatic heterocycles. The summed E-state index contributed by atoms with van der Waals surface area (Å²) < 4.78 is 5.06. The van der Waals surface area contributed by atoms with E-state index in [9.17, 15) is 0 Å². The molecule has 2 aromatic heterocycles. The molecule has 0 atom stereocenters. The van der Waals surface area contributed by atoms with E-state index in [0.29, 0.717) is 0 Å². The monoisotopic (exact) mass is 701 g/mol. The Hall–Kier alpha value is -6.74. The third-order valence-corrected chi connectivity index (χ3v) is 12.7. The maximum atomic E-state index is 2.43. The molecule has 0 aliphatic rings. The first kappa shape index (κ1) is 29.8. The lowest BCUT2D eigenvalue weighted by molar-refractivity contribution is 1.18. The van der Waals surface area contributed by atoms with Gasteiger partial charge in [0.25, 0.3) is 0 Å². The Kier molecular flexibility index (Phi) is 6.28. The van der Waals surface area contributed by atoms with E-state index in [1.807, 2.05) is 11.3 Å². The van der Waals surface area contributed by atoms with Crippen molar-refractivity contribution in [2.75, 3.05) is 0 Å². The minimum Gasteiger partial charge on any atom is -0.309 e. The van der Waals surface area contributed by atoms with Crippen molar-refractivity contribution in [1.29, 1.82) is 0 Å². The topological polar surface area (TPSA) is 4.93 Å². The molecule has 250 valence electrons. The van der Waals surface area contributed by atoms with Crippen molar-refractivity contribution < 1.29 is 0 Å². The van der Waals surface area contributed by atoms with Gasteiger partial charge in [-0.3, -0.25) is 0 Å². The van der Waals surface area contributed by atoms with Gasteiger partial charge >= 0.3 is 0 Å². The fourth-order valence-electron chi connectivity index (χ4n) is 8.96. The van der Waals surface area contributed by atoms with Crippen molar-refractivity contribution in [2.45, 2.75) is 0 Å². The van der Waals surface area contributed by atoms with E-state index in [0.717, 1.165) is 0 Å². The molecule has 0 bridgehead atoms. The van der Waals surface area contributed by atoms with Crippen LogP contribution in [0.2, 0.25) is 0 Å². The highest BCUT2D eigenvalue weighted by Gasteiger charge is 2.17. The van der Waals surface area contributed by atoms with Crippen molar-refractivity contribution in [2.24, 2.45) is 0 Å². The van der Waals surface area contributed by atoms with Crippen LogP contribution in [-0.4, -0.2) is 4.57 Å². The van der Waals surface area contributed by atoms with Gasteiger partial charge in [-0.05, 0) is 132 Å². The fourth-order valence-corrected chi connectivity index (χ4v) is 10.0. The predicted octanol–water partition coefficient (Wildman–Crippen LogP) is 15.1. The molecule has 0 unspecified atom stereocenters. The molecule has 1 nitrogen and oxygen atoms in total. The molecule has 2 heterocycles. The molecular weight excluding hydrogens is 671 g/mol. The molecule has 2 heteroatoms. The standard InChI is InChI=1S/C52H31NS/c1-2-12-38(13-3-1)53-49-17-9-8-16-42(49)46-30-44-40-15-7-6-14-39(40)43-27-35(20-23-41(43)45(44)31-50(46)53)37-22-25-52-48(29-37)47-28-36(21-24-51(47)54-52)34-19-18-32-10-4-5-11-33(32)26-34/h1-31H. The average Bonchev–Trinajstić information content (AvgIpc) is 3.77. The van der Waals surface area contributed by atoms with Crippen LogP contribution in [0.3, 0.4) is 0 Å². The zero-order valence-electron chi connectivity index (χ0n) is 29.3. The second-order valence-electron chi connectivity index (χ2n) is 14.5. The summed E-state index contributed by atoms with van der Waals surface area (Å²) in [6, 6.07) is 69.8. The Morgan fingerprint density at radius 2 is 0.796 bits per heavy atom. The van der Waals surface area contributed by atoms with Gasteiger partial charge in [-0.2, -0.15) is 0 Å². The van der Waals surface area contributed by atoms with Gasteiger partial charge in [0, 0.05) is 36.6 Å². The highest BCUT2D eigenvalue weighted by Crippen LogP contribution is 2.43. The number of hydrogen-bond donors (Lipinski definition) is 0. The van der Waals surface area contributed by atoms with Crippen LogP contribution in [0.1, 0.15) is 0 Å². The van der Waals surface area contributed by atoms with Gasteiger partial charge in [-0.1, -0.05) is 121 Å². The molecule has 12 aromatic rings. The number of fused-ring (bicyclic) bond motifs is 13. The maximum Gasteiger partial charge on any atom is 0.0547 e. The number of para-hydroxylation sites is 2. The van der Waals surface area contributed by atoms with Crippen LogP contribution >= 0.6 is 11.3 Å². The number of rotatable bonds is 3. The minimum absolute atomic E-state index is 1.18. The summed E-state index contributed by atoms with van der Waals surface area (Å²) in [6.07, 6.45) is 0. The van der Waals surface area contributed by atoms with E-state index in [-0.39, 0.29) is 0 Å². The van der Waals surface area contributed by atoms with Crippen LogP contribution in [-0.2, 0) is 0 Å². The summed E-state index contributed by atoms with van der Waals surface area (Å²) >= 11 is 1.88. The average molecular weight is 702 g/mol. The summed E-state index contributed by atoms with van der Waals surface area (Å²) in [7, 11) is 0. The van der Waals surface area contributed by atoms with Crippen molar-refractivity contribution in [3.63, 3.8) is 0 Å². The molecule has 0 N–H and O–H groups in total. The first-order chi connectivity index (χ1) is 26.7. The molecule has 0 spiro atoms. The molecule has 0 aliphatic carbocycles. The van der Waals surface area contributed by atoms with E-state index in [1.54, 1.807) is 0 Å². The molecule has 0 fully saturated rings. The van der Waals surface area contributed by atoms with Crippen LogP contribution in [0.4, 0.5) is 0 Å². The van der Waals surface area contributed by atoms with Crippen LogP contribution < -0.4 is 0 Å². The van der Waals surface area contributed by atoms with E-state index in [2.05, 4.69) is 193 Å². The van der Waals surface area contributed by atoms with Gasteiger partial charge in [-0.15, -0.1) is 11.3 Å². The quantitative estimate of drug-likeness (QED) is 0.162. The van der Waals surface area contributed by atoms with Gasteiger partial charge in [0.1, 0.15) is 0 Å². The largest absolute Gasteiger partial charge is 0.309 e. The van der Waals surface area contributed by atoms with Gasteiger partial charge in [0.05, 0.1) is 11.0 Å². The summed E-state index contributed by atoms with van der Waals surface area (Å²) in [5, 5.41) is 15.4. The minimum atomic E-state index is 1.18. The molecule has 10 aromatic carbocycles. The Morgan fingerprint density at radius 1 is 0.278 bits per heavy atom. The summed E-state index contributed by atoms with van der Waals surface area (Å²) in [5.74, 6) is 0. The van der Waals surface area contributed by atoms with Crippen molar-refractivity contribution in [3.8, 4) is 27.9 Å². The highest BCUT2D eigenvalue weighted by atomic mass is 32.1. The number of aromatic nitrogens is 1. The first-order valence-electron chi connectivity index (χ1n) is 18.6. The first-order valence-corrected chi connectivity index (χ1v) is 19.4. The third kappa shape index (κ3) is 4.38. The number of hydrogen-bond acceptors (Lipinski definition) is 1. The number of thiophene rings is 1. The van der Waals surface area contributed by atoms with Crippen LogP contribution in [0, 0.1) is 0 Å². The van der Waals surface area contributed by atoms with E-state index >= 15 is 0 Å². The lowest BCUT2D eigenvalue weighted by Gasteiger charge is -2.14. The molecule has 0 amide bonds. The third-order valence-electron chi connectivity index (χ3n) is 11.5. The van der Waals surface area contributed by atoms with Crippen molar-refractivity contribution in [3.05, 3.63) is 188 Å². The summed E-state index contributed by atoms with van der Waals surface area (Å²) in [5.41, 5.74) is 8.61. The molecule has 0 radical (unpaired) electrons. The Labute approximate surface area is 315 Å². The van der Waals surface area contributed by atoms with Crippen molar-refractivity contribution in [1.82, 2.24) is 4.57 Å². The van der Waals surface area contributed by atoms with Gasteiger partial charge < -0.3 is 4.57 Å². The summed E-state index contributed by atoms with van der Waals surface area (Å²) in [6.45, 7) is 0. The Balaban J connectivity index is 1.06. The highest BCUT2D eigenvalue weighted by molar-refractivity contribution is 7.25. The van der Waals surface area contributed by atoms with E-state index in [4.69, 9.17) is 0 Å². The number of nitrogens with zero attached hydrogens (tertiary/aromatic N) is 1. The smallest absolute Gasteiger partial charge is 0.0547 e. The molecule has 0 saturated carbocycles. The van der Waals surface area contributed by atoms with Gasteiger partial charge in [0.2, 0.25) is 0 Å². The lowest BCUT2D eigenvalue weighted by atomic mass is 9.91. The fraction of sp³-hybridized carbons (Fsp3) is 0. The van der Waals surface area contributed by atoms with Crippen LogP contribution in [0.5, 0.6) is 0 Å². The summed E-state index contributed by atoms with van der Waals surface area (Å²) in [4.78, 5) is 0. The molecule has 0 saturated heterocycles. The number of benzene rings is 10. The lowest BCUT2D eigenvalue weighted by Crippen LogP contribution is -1.93. The van der Waals surface area contributed by atoms with Crippen molar-refractivity contribution >= 4 is 96.4 Å². The Bertz CT molecular complexity index is 3490. The zero-order chi connectivity index (χ0) is 35.3. The zero-order valence-corrected chi connectivity index (χ0v) is 30.1. The van der Waals surface area contributed by atoms with E-state index in [1.165, 1.54) is 113 Å². The Morgan fingerprint density at radius 3 is 1.54 bits per heavy atom. The van der Waals surface area contributed by atoms with E-state index < -0.39 is 0 Å². The molecule has 12 rings (SSSR count). The second-order valence-corrected chi connectivity index (χ2v) is 15.6. The second kappa shape index (κ2) is 11.4. The molecule has 54 heavy (non-hydrogen) atoms. The van der Waals surface area contributed by atoms with Gasteiger partial charge in [-0.25, -0.2) is 0 Å². The maximum absolute atomic E-state index is 2.43. The van der Waals surface area contributed by atoms with Gasteiger partial charge in [0.15, 0.2) is 0 Å². The SMILES string of the molecule is c1ccc(-n2c3ccccc3c3cc4c5ccccc5c5cc(-c6ccc7sc8ccc(-c9ccc%10ccccc%10c9)cc8c7c6)ccc5c4cc32)cc1. The van der Waals surface area contributed by atoms with Crippen LogP contribution in [0.25, 0.3) is 113 Å². The predicted molar refractivity (Wildman–Crippen MR) is 235 cm³/mol. The van der Waals surface area contributed by atoms with Crippen LogP contribution in [0.15, 0.2) is 188 Å².